The van der Waals surface area contributed by atoms with Crippen LogP contribution in [-0.4, -0.2) is 46.4 Å². The van der Waals surface area contributed by atoms with E-state index in [1.807, 2.05) is 13.8 Å². The van der Waals surface area contributed by atoms with Crippen molar-refractivity contribution in [1.82, 2.24) is 20.4 Å². The number of aromatic nitrogens is 3. The molecule has 3 heterocycles. The molecular formula is C17H23N5O4. The number of hydrogen-bond donors (Lipinski definition) is 2. The van der Waals surface area contributed by atoms with Crippen molar-refractivity contribution < 1.29 is 18.8 Å². The summed E-state index contributed by atoms with van der Waals surface area (Å²) < 4.78 is 16.7. The average Bonchev–Trinajstić information content (AvgIpc) is 2.91. The zero-order valence-corrected chi connectivity index (χ0v) is 15.1. The van der Waals surface area contributed by atoms with Gasteiger partial charge in [0.15, 0.2) is 0 Å². The number of nitrogens with zero attached hydrogens (tertiary/aromatic N) is 3. The summed E-state index contributed by atoms with van der Waals surface area (Å²) in [7, 11) is 0. The smallest absolute Gasteiger partial charge is 0.270 e. The van der Waals surface area contributed by atoms with Crippen molar-refractivity contribution in [3.8, 4) is 0 Å². The first-order valence-electron chi connectivity index (χ1n) is 8.47. The summed E-state index contributed by atoms with van der Waals surface area (Å²) in [6.07, 6.45) is 0.501. The zero-order chi connectivity index (χ0) is 18.7. The molecule has 0 bridgehead atoms. The van der Waals surface area contributed by atoms with Gasteiger partial charge in [0.1, 0.15) is 11.5 Å². The second-order valence-electron chi connectivity index (χ2n) is 6.35. The number of carbonyl (C=O) groups excluding carboxylic acids is 1. The third-order valence-electron chi connectivity index (χ3n) is 4.34. The molecule has 0 aliphatic carbocycles. The fourth-order valence-electron chi connectivity index (χ4n) is 2.90. The highest BCUT2D eigenvalue weighted by Gasteiger charge is 2.29. The Labute approximate surface area is 151 Å². The van der Waals surface area contributed by atoms with Gasteiger partial charge in [-0.15, -0.1) is 0 Å². The Bertz CT molecular complexity index is 752. The number of amides is 1. The Hall–Kier alpha value is -2.52. The van der Waals surface area contributed by atoms with E-state index in [2.05, 4.69) is 20.4 Å². The highest BCUT2D eigenvalue weighted by Crippen LogP contribution is 2.18. The van der Waals surface area contributed by atoms with Gasteiger partial charge in [0, 0.05) is 17.9 Å². The number of nitrogens with two attached hydrogens (primary N) is 1. The second-order valence-corrected chi connectivity index (χ2v) is 6.35. The lowest BCUT2D eigenvalue weighted by molar-refractivity contribution is -0.0608. The number of nitrogen functional groups attached to an aromatic ring is 1. The minimum Gasteiger partial charge on any atom is -0.379 e. The first-order valence-corrected chi connectivity index (χ1v) is 8.47. The quantitative estimate of drug-likeness (QED) is 0.810. The van der Waals surface area contributed by atoms with Gasteiger partial charge in [-0.2, -0.15) is 0 Å². The molecule has 1 fully saturated rings. The molecule has 3 N–H and O–H groups in total. The molecule has 0 spiro atoms. The van der Waals surface area contributed by atoms with Crippen LogP contribution in [0.4, 0.5) is 5.95 Å². The standard InChI is InChI=1S/C17H23N5O4/c1-9-6-13(21-17(18)19-9)16(23)20-14-8-24-5-4-15(14)25-7-12-10(2)22-26-11(12)3/h6,14-15H,4-5,7-8H2,1-3H3,(H,20,23)(H2,18,19,21)/t14-,15+/m1/s1. The van der Waals surface area contributed by atoms with Gasteiger partial charge in [-0.1, -0.05) is 5.16 Å². The molecule has 0 aromatic carbocycles. The van der Waals surface area contributed by atoms with E-state index in [1.54, 1.807) is 13.0 Å². The molecule has 1 amide bonds. The molecule has 1 aliphatic rings. The van der Waals surface area contributed by atoms with Crippen molar-refractivity contribution in [3.05, 3.63) is 34.5 Å². The lowest BCUT2D eigenvalue weighted by Gasteiger charge is -2.32. The van der Waals surface area contributed by atoms with Gasteiger partial charge in [0.2, 0.25) is 5.95 Å². The Kier molecular flexibility index (Phi) is 5.48. The number of rotatable bonds is 5. The van der Waals surface area contributed by atoms with Crippen LogP contribution in [0.25, 0.3) is 0 Å². The maximum atomic E-state index is 12.5. The summed E-state index contributed by atoms with van der Waals surface area (Å²) in [5.74, 6) is 0.479. The predicted molar refractivity (Wildman–Crippen MR) is 92.4 cm³/mol. The maximum absolute atomic E-state index is 12.5. The van der Waals surface area contributed by atoms with E-state index in [-0.39, 0.29) is 29.7 Å². The van der Waals surface area contributed by atoms with E-state index < -0.39 is 0 Å². The molecule has 2 atom stereocenters. The van der Waals surface area contributed by atoms with Crippen molar-refractivity contribution in [3.63, 3.8) is 0 Å². The zero-order valence-electron chi connectivity index (χ0n) is 15.1. The van der Waals surface area contributed by atoms with Gasteiger partial charge < -0.3 is 25.0 Å². The SMILES string of the molecule is Cc1cc(C(=O)N[C@@H]2COCC[C@@H]2OCc2c(C)noc2C)nc(N)n1. The number of anilines is 1. The van der Waals surface area contributed by atoms with Gasteiger partial charge >= 0.3 is 0 Å². The van der Waals surface area contributed by atoms with E-state index in [1.165, 1.54) is 0 Å². The maximum Gasteiger partial charge on any atom is 0.270 e. The molecule has 1 aliphatic heterocycles. The van der Waals surface area contributed by atoms with Crippen molar-refractivity contribution in [2.45, 2.75) is 45.9 Å². The monoisotopic (exact) mass is 361 g/mol. The summed E-state index contributed by atoms with van der Waals surface area (Å²) in [6, 6.07) is 1.31. The molecule has 9 nitrogen and oxygen atoms in total. The van der Waals surface area contributed by atoms with Crippen LogP contribution in [0.15, 0.2) is 10.6 Å². The minimum atomic E-state index is -0.330. The molecular weight excluding hydrogens is 338 g/mol. The van der Waals surface area contributed by atoms with E-state index in [0.717, 1.165) is 17.0 Å². The van der Waals surface area contributed by atoms with Crippen LogP contribution in [0.5, 0.6) is 0 Å². The molecule has 2 aromatic rings. The summed E-state index contributed by atoms with van der Waals surface area (Å²) in [6.45, 7) is 6.81. The van der Waals surface area contributed by atoms with E-state index >= 15 is 0 Å². The highest BCUT2D eigenvalue weighted by molar-refractivity contribution is 5.92. The number of aryl methyl sites for hydroxylation is 3. The van der Waals surface area contributed by atoms with E-state index in [4.69, 9.17) is 19.7 Å². The number of ether oxygens (including phenoxy) is 2. The lowest BCUT2D eigenvalue weighted by Crippen LogP contribution is -2.50. The van der Waals surface area contributed by atoms with Gasteiger partial charge in [-0.05, 0) is 33.3 Å². The van der Waals surface area contributed by atoms with Crippen LogP contribution in [0.1, 0.15) is 39.6 Å². The van der Waals surface area contributed by atoms with Crippen LogP contribution in [0, 0.1) is 20.8 Å². The topological polar surface area (TPSA) is 125 Å². The Balaban J connectivity index is 1.65. The molecule has 26 heavy (non-hydrogen) atoms. The Morgan fingerprint density at radius 3 is 2.88 bits per heavy atom. The van der Waals surface area contributed by atoms with Crippen molar-refractivity contribution in [2.75, 3.05) is 18.9 Å². The number of nitrogens with one attached hydrogen (secondary N) is 1. The summed E-state index contributed by atoms with van der Waals surface area (Å²) in [4.78, 5) is 20.5. The molecule has 0 saturated carbocycles. The summed E-state index contributed by atoms with van der Waals surface area (Å²) in [5, 5.41) is 6.85. The van der Waals surface area contributed by atoms with Crippen LogP contribution < -0.4 is 11.1 Å². The Morgan fingerprint density at radius 1 is 1.38 bits per heavy atom. The predicted octanol–water partition coefficient (Wildman–Crippen LogP) is 1.08. The molecule has 2 aromatic heterocycles. The number of hydrogen-bond acceptors (Lipinski definition) is 8. The van der Waals surface area contributed by atoms with E-state index in [0.29, 0.717) is 31.9 Å². The summed E-state index contributed by atoms with van der Waals surface area (Å²) >= 11 is 0. The molecule has 0 unspecified atom stereocenters. The highest BCUT2D eigenvalue weighted by atomic mass is 16.5. The summed E-state index contributed by atoms with van der Waals surface area (Å²) in [5.41, 5.74) is 8.22. The normalized spacial score (nSPS) is 20.1. The van der Waals surface area contributed by atoms with Gasteiger partial charge in [-0.3, -0.25) is 4.79 Å². The first kappa shape index (κ1) is 18.3. The third kappa shape index (κ3) is 4.17. The third-order valence-corrected chi connectivity index (χ3v) is 4.34. The molecule has 140 valence electrons. The fraction of sp³-hybridized carbons (Fsp3) is 0.529. The Morgan fingerprint density at radius 2 is 2.19 bits per heavy atom. The van der Waals surface area contributed by atoms with Crippen molar-refractivity contribution in [2.24, 2.45) is 0 Å². The van der Waals surface area contributed by atoms with Crippen LogP contribution in [0.3, 0.4) is 0 Å². The molecule has 9 heteroatoms. The lowest BCUT2D eigenvalue weighted by atomic mass is 10.1. The molecule has 3 rings (SSSR count). The number of carbonyl (C=O) groups is 1. The first-order chi connectivity index (χ1) is 12.4. The van der Waals surface area contributed by atoms with Gasteiger partial charge in [-0.25, -0.2) is 9.97 Å². The molecule has 0 radical (unpaired) electrons. The van der Waals surface area contributed by atoms with Crippen LogP contribution in [-0.2, 0) is 16.1 Å². The van der Waals surface area contributed by atoms with Gasteiger partial charge in [0.05, 0.1) is 31.1 Å². The van der Waals surface area contributed by atoms with E-state index in [9.17, 15) is 4.79 Å². The largest absolute Gasteiger partial charge is 0.379 e. The second kappa shape index (κ2) is 7.79. The minimum absolute atomic E-state index is 0.0706. The van der Waals surface area contributed by atoms with Crippen LogP contribution in [0.2, 0.25) is 0 Å². The molecule has 1 saturated heterocycles. The van der Waals surface area contributed by atoms with Crippen molar-refractivity contribution in [1.29, 1.82) is 0 Å². The average molecular weight is 361 g/mol. The van der Waals surface area contributed by atoms with Crippen LogP contribution >= 0.6 is 0 Å². The van der Waals surface area contributed by atoms with Crippen molar-refractivity contribution >= 4 is 11.9 Å². The fourth-order valence-corrected chi connectivity index (χ4v) is 2.90. The van der Waals surface area contributed by atoms with Gasteiger partial charge in [0.25, 0.3) is 5.91 Å².